The van der Waals surface area contributed by atoms with Crippen molar-refractivity contribution >= 4 is 17.1 Å². The van der Waals surface area contributed by atoms with E-state index < -0.39 is 0 Å². The largest absolute Gasteiger partial charge is 0.497 e. The highest BCUT2D eigenvalue weighted by Gasteiger charge is 2.14. The fraction of sp³-hybridized carbons (Fsp3) is 0.0667. The Kier molecular flexibility index (Phi) is 2.87. The highest BCUT2D eigenvalue weighted by atomic mass is 16.5. The number of aromatic nitrogens is 2. The minimum atomic E-state index is -0.0948. The van der Waals surface area contributed by atoms with E-state index >= 15 is 0 Å². The highest BCUT2D eigenvalue weighted by Crippen LogP contribution is 2.17. The highest BCUT2D eigenvalue weighted by molar-refractivity contribution is 6.08. The zero-order chi connectivity index (χ0) is 14.1. The first kappa shape index (κ1) is 12.2. The van der Waals surface area contributed by atoms with Gasteiger partial charge in [-0.15, -0.1) is 0 Å². The molecule has 0 atom stereocenters. The lowest BCUT2D eigenvalue weighted by molar-refractivity contribution is 0.103. The standard InChI is InChI=1S/C15H13N3O2/c1-20-12-6-7-18-13(9-17-14(18)8-12)15(19)10-2-4-11(16)5-3-10/h2-9H,16H2,1H3. The summed E-state index contributed by atoms with van der Waals surface area (Å²) in [4.78, 5) is 16.7. The number of benzene rings is 1. The molecule has 0 aliphatic carbocycles. The number of rotatable bonds is 3. The van der Waals surface area contributed by atoms with E-state index in [0.29, 0.717) is 28.3 Å². The number of hydrogen-bond acceptors (Lipinski definition) is 4. The van der Waals surface area contributed by atoms with Crippen molar-refractivity contribution < 1.29 is 9.53 Å². The van der Waals surface area contributed by atoms with Gasteiger partial charge in [0.1, 0.15) is 17.1 Å². The molecule has 0 bridgehead atoms. The van der Waals surface area contributed by atoms with Crippen molar-refractivity contribution in [2.75, 3.05) is 12.8 Å². The van der Waals surface area contributed by atoms with Gasteiger partial charge in [-0.25, -0.2) is 4.98 Å². The first-order valence-corrected chi connectivity index (χ1v) is 6.10. The summed E-state index contributed by atoms with van der Waals surface area (Å²) in [5, 5.41) is 0. The fourth-order valence-corrected chi connectivity index (χ4v) is 2.04. The van der Waals surface area contributed by atoms with E-state index in [1.807, 2.05) is 0 Å². The van der Waals surface area contributed by atoms with Gasteiger partial charge in [0.05, 0.1) is 13.3 Å². The molecule has 2 N–H and O–H groups in total. The molecule has 0 spiro atoms. The summed E-state index contributed by atoms with van der Waals surface area (Å²) in [5.41, 5.74) is 8.01. The van der Waals surface area contributed by atoms with Crippen LogP contribution in [0.3, 0.4) is 0 Å². The van der Waals surface area contributed by atoms with Gasteiger partial charge in [-0.1, -0.05) is 0 Å². The van der Waals surface area contributed by atoms with Crippen LogP contribution in [0.15, 0.2) is 48.8 Å². The van der Waals surface area contributed by atoms with Crippen LogP contribution in [0.2, 0.25) is 0 Å². The molecule has 100 valence electrons. The Morgan fingerprint density at radius 2 is 2.00 bits per heavy atom. The van der Waals surface area contributed by atoms with Crippen molar-refractivity contribution in [2.45, 2.75) is 0 Å². The Morgan fingerprint density at radius 3 is 2.70 bits per heavy atom. The van der Waals surface area contributed by atoms with Gasteiger partial charge in [0.2, 0.25) is 5.78 Å². The van der Waals surface area contributed by atoms with Gasteiger partial charge >= 0.3 is 0 Å². The molecule has 3 aromatic rings. The zero-order valence-electron chi connectivity index (χ0n) is 10.9. The predicted molar refractivity (Wildman–Crippen MR) is 76.0 cm³/mol. The summed E-state index contributed by atoms with van der Waals surface area (Å²) in [6, 6.07) is 10.4. The number of ketones is 1. The van der Waals surface area contributed by atoms with E-state index in [0.717, 1.165) is 0 Å². The van der Waals surface area contributed by atoms with Crippen LogP contribution < -0.4 is 10.5 Å². The Morgan fingerprint density at radius 1 is 1.25 bits per heavy atom. The summed E-state index contributed by atoms with van der Waals surface area (Å²) >= 11 is 0. The number of methoxy groups -OCH3 is 1. The van der Waals surface area contributed by atoms with Gasteiger partial charge in [0.15, 0.2) is 0 Å². The summed E-state index contributed by atoms with van der Waals surface area (Å²) in [7, 11) is 1.59. The quantitative estimate of drug-likeness (QED) is 0.583. The maximum absolute atomic E-state index is 12.5. The Bertz CT molecular complexity index is 775. The number of nitrogen functional groups attached to an aromatic ring is 1. The van der Waals surface area contributed by atoms with Crippen molar-refractivity contribution in [3.63, 3.8) is 0 Å². The molecule has 0 aliphatic rings. The Hall–Kier alpha value is -2.82. The Balaban J connectivity index is 2.05. The number of pyridine rings is 1. The molecule has 0 aliphatic heterocycles. The summed E-state index contributed by atoms with van der Waals surface area (Å²) in [6.07, 6.45) is 3.33. The second-order valence-corrected chi connectivity index (χ2v) is 4.39. The molecule has 20 heavy (non-hydrogen) atoms. The second-order valence-electron chi connectivity index (χ2n) is 4.39. The molecule has 0 fully saturated rings. The summed E-state index contributed by atoms with van der Waals surface area (Å²) in [6.45, 7) is 0. The van der Waals surface area contributed by atoms with Crippen LogP contribution in [0.1, 0.15) is 16.1 Å². The second kappa shape index (κ2) is 4.70. The summed E-state index contributed by atoms with van der Waals surface area (Å²) < 4.78 is 6.87. The molecule has 0 amide bonds. The van der Waals surface area contributed by atoms with Crippen LogP contribution in [-0.2, 0) is 0 Å². The van der Waals surface area contributed by atoms with Crippen molar-refractivity contribution in [1.82, 2.24) is 9.38 Å². The molecule has 0 saturated carbocycles. The third-order valence-electron chi connectivity index (χ3n) is 3.13. The molecule has 0 radical (unpaired) electrons. The van der Waals surface area contributed by atoms with Crippen molar-refractivity contribution in [3.8, 4) is 5.75 Å². The number of nitrogens with zero attached hydrogens (tertiary/aromatic N) is 2. The lowest BCUT2D eigenvalue weighted by atomic mass is 10.1. The molecule has 0 unspecified atom stereocenters. The Labute approximate surface area is 115 Å². The number of anilines is 1. The van der Waals surface area contributed by atoms with Crippen LogP contribution in [0.25, 0.3) is 5.65 Å². The third-order valence-corrected chi connectivity index (χ3v) is 3.13. The average Bonchev–Trinajstić information content (AvgIpc) is 2.90. The monoisotopic (exact) mass is 267 g/mol. The van der Waals surface area contributed by atoms with E-state index in [9.17, 15) is 4.79 Å². The number of ether oxygens (including phenoxy) is 1. The predicted octanol–water partition coefficient (Wildman–Crippen LogP) is 2.16. The van der Waals surface area contributed by atoms with Crippen LogP contribution in [0, 0.1) is 0 Å². The topological polar surface area (TPSA) is 69.6 Å². The van der Waals surface area contributed by atoms with E-state index in [4.69, 9.17) is 10.5 Å². The maximum Gasteiger partial charge on any atom is 0.211 e. The summed E-state index contributed by atoms with van der Waals surface area (Å²) in [5.74, 6) is 0.609. The first-order chi connectivity index (χ1) is 9.69. The fourth-order valence-electron chi connectivity index (χ4n) is 2.04. The van der Waals surface area contributed by atoms with Crippen LogP contribution >= 0.6 is 0 Å². The SMILES string of the molecule is COc1ccn2c(C(=O)c3ccc(N)cc3)cnc2c1. The average molecular weight is 267 g/mol. The number of fused-ring (bicyclic) bond motifs is 1. The minimum absolute atomic E-state index is 0.0948. The van der Waals surface area contributed by atoms with Gasteiger partial charge in [-0.2, -0.15) is 0 Å². The lowest BCUT2D eigenvalue weighted by Crippen LogP contribution is -2.05. The van der Waals surface area contributed by atoms with Gasteiger partial charge in [0.25, 0.3) is 0 Å². The molecule has 3 rings (SSSR count). The van der Waals surface area contributed by atoms with E-state index in [-0.39, 0.29) is 5.78 Å². The smallest absolute Gasteiger partial charge is 0.211 e. The van der Waals surface area contributed by atoms with Crippen molar-refractivity contribution in [3.05, 3.63) is 60.0 Å². The first-order valence-electron chi connectivity index (χ1n) is 6.10. The van der Waals surface area contributed by atoms with Crippen molar-refractivity contribution in [2.24, 2.45) is 0 Å². The van der Waals surface area contributed by atoms with E-state index in [2.05, 4.69) is 4.98 Å². The zero-order valence-corrected chi connectivity index (χ0v) is 10.9. The normalized spacial score (nSPS) is 10.7. The van der Waals surface area contributed by atoms with E-state index in [1.165, 1.54) is 0 Å². The molecular formula is C15H13N3O2. The molecule has 2 aromatic heterocycles. The van der Waals surface area contributed by atoms with Crippen LogP contribution in [0.5, 0.6) is 5.75 Å². The number of carbonyl (C=O) groups excluding carboxylic acids is 1. The van der Waals surface area contributed by atoms with Gasteiger partial charge < -0.3 is 10.5 Å². The molecular weight excluding hydrogens is 254 g/mol. The van der Waals surface area contributed by atoms with Gasteiger partial charge in [-0.3, -0.25) is 9.20 Å². The molecule has 2 heterocycles. The van der Waals surface area contributed by atoms with Crippen molar-refractivity contribution in [1.29, 1.82) is 0 Å². The van der Waals surface area contributed by atoms with Crippen LogP contribution in [0.4, 0.5) is 5.69 Å². The number of hydrogen-bond donors (Lipinski definition) is 1. The lowest BCUT2D eigenvalue weighted by Gasteiger charge is -2.03. The molecule has 0 saturated heterocycles. The minimum Gasteiger partial charge on any atom is -0.497 e. The van der Waals surface area contributed by atoms with E-state index in [1.54, 1.807) is 60.3 Å². The maximum atomic E-state index is 12.5. The molecule has 5 heteroatoms. The van der Waals surface area contributed by atoms with Gasteiger partial charge in [-0.05, 0) is 30.3 Å². The number of carbonyl (C=O) groups is 1. The van der Waals surface area contributed by atoms with Gasteiger partial charge in [0, 0.05) is 23.5 Å². The number of imidazole rings is 1. The van der Waals surface area contributed by atoms with Crippen LogP contribution in [-0.4, -0.2) is 22.3 Å². The third kappa shape index (κ3) is 1.99. The molecule has 1 aromatic carbocycles. The number of nitrogens with two attached hydrogens (primary N) is 1. The molecule has 5 nitrogen and oxygen atoms in total.